The number of benzene rings is 2. The van der Waals surface area contributed by atoms with Gasteiger partial charge in [-0.1, -0.05) is 12.1 Å². The van der Waals surface area contributed by atoms with E-state index in [1.807, 2.05) is 114 Å². The Morgan fingerprint density at radius 3 is 1.20 bits per heavy atom. The number of fused-ring (bicyclic) bond motifs is 8. The summed E-state index contributed by atoms with van der Waals surface area (Å²) in [5, 5.41) is 17.5. The third-order valence-corrected chi connectivity index (χ3v) is 13.4. The van der Waals surface area contributed by atoms with Crippen LogP contribution in [-0.2, 0) is 53.0 Å². The molecule has 0 unspecified atom stereocenters. The van der Waals surface area contributed by atoms with E-state index < -0.39 is 10.8 Å². The molecule has 0 radical (unpaired) electrons. The predicted molar refractivity (Wildman–Crippen MR) is 257 cm³/mol. The van der Waals surface area contributed by atoms with Gasteiger partial charge in [-0.15, -0.1) is 22.5 Å². The smallest absolute Gasteiger partial charge is 0.124 e. The van der Waals surface area contributed by atoms with E-state index in [4.69, 9.17) is 0 Å². The second-order valence-electron chi connectivity index (χ2n) is 16.8. The number of nitrogens with zero attached hydrogens (tertiary/aromatic N) is 14. The normalized spacial score (nSPS) is 14.8. The molecule has 14 rings (SSSR count). The van der Waals surface area contributed by atoms with Crippen molar-refractivity contribution in [2.75, 3.05) is 33.7 Å². The monoisotopic (exact) mass is 1270 g/mol. The fourth-order valence-electron chi connectivity index (χ4n) is 10.6. The largest absolute Gasteiger partial charge is 0.581 e. The Morgan fingerprint density at radius 1 is 0.457 bits per heavy atom. The summed E-state index contributed by atoms with van der Waals surface area (Å²) in [6.07, 6.45) is 22.0. The number of hydrogen-bond donors (Lipinski definition) is 0. The van der Waals surface area contributed by atoms with E-state index in [1.54, 1.807) is 12.4 Å². The van der Waals surface area contributed by atoms with Gasteiger partial charge in [0.1, 0.15) is 11.6 Å². The van der Waals surface area contributed by atoms with Crippen molar-refractivity contribution in [1.82, 2.24) is 50.3 Å². The maximum atomic E-state index is 4.63. The Bertz CT molecular complexity index is 3210. The zero-order chi connectivity index (χ0) is 45.4. The van der Waals surface area contributed by atoms with Crippen LogP contribution in [-0.4, -0.2) is 54.2 Å². The standard InChI is InChI=1S/2C27H18N7.2Pt/c2*1-33-17-34(26-24(33)6-3-10-30-26)19-5-2-4-18(14-19)27(25-9-13-31-32-25)22-7-11-28-15-20(22)21-16-29-12-8-23(21)27;;/h2*2-13,15-17H,1H3;;/q2*-3;;. The zero-order valence-electron chi connectivity index (χ0n) is 37.2. The maximum Gasteiger partial charge on any atom is 0.124 e. The van der Waals surface area contributed by atoms with Gasteiger partial charge in [0.15, 0.2) is 0 Å². The van der Waals surface area contributed by atoms with Crippen LogP contribution in [0.5, 0.6) is 0 Å². The summed E-state index contributed by atoms with van der Waals surface area (Å²) in [5.74, 6) is 1.75. The molecule has 8 aromatic heterocycles. The maximum absolute atomic E-state index is 4.63. The molecule has 0 fully saturated rings. The summed E-state index contributed by atoms with van der Waals surface area (Å²) in [7, 11) is 4.05. The molecule has 14 nitrogen and oxygen atoms in total. The minimum atomic E-state index is -0.679. The van der Waals surface area contributed by atoms with Gasteiger partial charge in [0.05, 0.1) is 10.8 Å². The van der Waals surface area contributed by atoms with Crippen molar-refractivity contribution < 1.29 is 42.1 Å². The van der Waals surface area contributed by atoms with Crippen LogP contribution < -0.4 is 29.8 Å². The molecule has 0 atom stereocenters. The molecule has 2 aromatic carbocycles. The van der Waals surface area contributed by atoms with Crippen molar-refractivity contribution in [2.45, 2.75) is 10.8 Å². The fraction of sp³-hybridized carbons (Fsp3) is 0.0741. The number of hydrogen-bond acceptors (Lipinski definition) is 12. The fourth-order valence-corrected chi connectivity index (χ4v) is 10.6. The van der Waals surface area contributed by atoms with Gasteiger partial charge in [0.25, 0.3) is 0 Å². The van der Waals surface area contributed by atoms with E-state index in [-0.39, 0.29) is 42.1 Å². The van der Waals surface area contributed by atoms with Gasteiger partial charge in [-0.05, 0) is 84.9 Å². The first-order valence-corrected chi connectivity index (χ1v) is 21.9. The SMILES string of the molecule is CN1[CH-]N(c2[c-]c(C3(c4cc[n-]n4)c4ccncc4-c4cnccc43)ccc2)c2ncccc21.CN1[CH-]N(c2[c-]c(C3(c4cc[n-]n4)c4ccncc4-c4cnccc43)ccc2)c2ncccc21.[Pt].[Pt]. The zero-order valence-corrected chi connectivity index (χ0v) is 41.8. The summed E-state index contributed by atoms with van der Waals surface area (Å²) < 4.78 is 0. The third-order valence-electron chi connectivity index (χ3n) is 13.4. The molecule has 0 N–H and O–H groups in total. The Labute approximate surface area is 432 Å². The summed E-state index contributed by atoms with van der Waals surface area (Å²) in [6.45, 7) is 4.07. The molecule has 10 aromatic rings. The first kappa shape index (κ1) is 44.8. The Hall–Kier alpha value is -7.66. The molecular weight excluding hydrogens is 1230 g/mol. The van der Waals surface area contributed by atoms with E-state index in [9.17, 15) is 0 Å². The number of rotatable bonds is 6. The Kier molecular flexibility index (Phi) is 11.3. The molecule has 0 saturated carbocycles. The summed E-state index contributed by atoms with van der Waals surface area (Å²) in [5.41, 5.74) is 14.8. The second kappa shape index (κ2) is 17.7. The van der Waals surface area contributed by atoms with Gasteiger partial charge in [-0.3, -0.25) is 19.9 Å². The molecular formula is C54H36N14Pt2-6. The summed E-state index contributed by atoms with van der Waals surface area (Å²) >= 11 is 0. The predicted octanol–water partition coefficient (Wildman–Crippen LogP) is 8.18. The van der Waals surface area contributed by atoms with Crippen LogP contribution in [0.25, 0.3) is 22.3 Å². The van der Waals surface area contributed by atoms with E-state index in [0.717, 1.165) is 101 Å². The van der Waals surface area contributed by atoms with Gasteiger partial charge in [0, 0.05) is 149 Å². The molecule has 4 aliphatic rings. The minimum Gasteiger partial charge on any atom is -0.581 e. The van der Waals surface area contributed by atoms with Gasteiger partial charge in [0.2, 0.25) is 0 Å². The van der Waals surface area contributed by atoms with E-state index in [0.29, 0.717) is 0 Å². The van der Waals surface area contributed by atoms with Crippen LogP contribution in [0.1, 0.15) is 44.8 Å². The van der Waals surface area contributed by atoms with Crippen LogP contribution in [0, 0.1) is 25.5 Å². The first-order valence-electron chi connectivity index (χ1n) is 21.9. The van der Waals surface area contributed by atoms with E-state index >= 15 is 0 Å². The first-order chi connectivity index (χ1) is 33.6. The Balaban J connectivity index is 0.000000148. The van der Waals surface area contributed by atoms with Crippen molar-refractivity contribution in [2.24, 2.45) is 0 Å². The topological polar surface area (TPSA) is 144 Å². The quantitative estimate of drug-likeness (QED) is 0.148. The van der Waals surface area contributed by atoms with Crippen LogP contribution in [0.2, 0.25) is 0 Å². The summed E-state index contributed by atoms with van der Waals surface area (Å²) in [4.78, 5) is 35.2. The van der Waals surface area contributed by atoms with Crippen LogP contribution in [0.3, 0.4) is 0 Å². The molecule has 0 amide bonds. The molecule has 10 heterocycles. The van der Waals surface area contributed by atoms with Crippen LogP contribution >= 0.6 is 0 Å². The van der Waals surface area contributed by atoms with Crippen molar-refractivity contribution in [3.63, 3.8) is 0 Å². The van der Waals surface area contributed by atoms with Crippen molar-refractivity contribution in [3.8, 4) is 22.3 Å². The molecule has 0 spiro atoms. The van der Waals surface area contributed by atoms with Crippen molar-refractivity contribution >= 4 is 34.4 Å². The molecule has 0 bridgehead atoms. The third kappa shape index (κ3) is 6.53. The molecule has 2 aliphatic carbocycles. The van der Waals surface area contributed by atoms with E-state index in [1.165, 1.54) is 0 Å². The molecule has 348 valence electrons. The van der Waals surface area contributed by atoms with Gasteiger partial charge < -0.3 is 40.0 Å². The minimum absolute atomic E-state index is 0. The van der Waals surface area contributed by atoms with Crippen molar-refractivity contribution in [3.05, 3.63) is 242 Å². The average Bonchev–Trinajstić information content (AvgIpc) is 4.28. The van der Waals surface area contributed by atoms with Crippen molar-refractivity contribution in [1.29, 1.82) is 0 Å². The van der Waals surface area contributed by atoms with Gasteiger partial charge in [-0.2, -0.15) is 74.3 Å². The van der Waals surface area contributed by atoms with Gasteiger partial charge in [-0.25, -0.2) is 9.97 Å². The number of aromatic nitrogens is 10. The second-order valence-corrected chi connectivity index (χ2v) is 16.8. The average molecular weight is 1270 g/mol. The number of anilines is 6. The summed E-state index contributed by atoms with van der Waals surface area (Å²) in [6, 6.07) is 40.1. The molecule has 0 saturated heterocycles. The van der Waals surface area contributed by atoms with E-state index in [2.05, 4.69) is 155 Å². The van der Waals surface area contributed by atoms with Gasteiger partial charge >= 0.3 is 0 Å². The molecule has 70 heavy (non-hydrogen) atoms. The molecule has 16 heteroatoms. The number of pyridine rings is 6. The molecule has 2 aliphatic heterocycles. The van der Waals surface area contributed by atoms with Crippen LogP contribution in [0.4, 0.5) is 34.4 Å². The Morgan fingerprint density at radius 2 is 0.843 bits per heavy atom. The van der Waals surface area contributed by atoms with Crippen LogP contribution in [0.15, 0.2) is 171 Å².